The number of aliphatic hydroxyl groups is 2. The highest BCUT2D eigenvalue weighted by Gasteiger charge is 2.49. The van der Waals surface area contributed by atoms with Crippen LogP contribution in [0.4, 0.5) is 10.1 Å². The van der Waals surface area contributed by atoms with E-state index in [2.05, 4.69) is 0 Å². The highest BCUT2D eigenvalue weighted by Crippen LogP contribution is 2.45. The number of aliphatic hydroxyl groups excluding tert-OH is 2. The van der Waals surface area contributed by atoms with Crippen LogP contribution in [0.3, 0.4) is 0 Å². The fourth-order valence-electron chi connectivity index (χ4n) is 5.73. The van der Waals surface area contributed by atoms with Crippen LogP contribution in [0.15, 0.2) is 72.8 Å². The van der Waals surface area contributed by atoms with E-state index in [9.17, 15) is 23.4 Å². The quantitative estimate of drug-likeness (QED) is 0.259. The summed E-state index contributed by atoms with van der Waals surface area (Å²) in [4.78, 5) is 16.0. The van der Waals surface area contributed by atoms with Gasteiger partial charge in [0.2, 0.25) is 10.0 Å². The molecule has 0 unspecified atom stereocenters. The molecule has 5 rings (SSSR count). The summed E-state index contributed by atoms with van der Waals surface area (Å²) < 4.78 is 50.2. The number of hydrogen-bond donors (Lipinski definition) is 2. The van der Waals surface area contributed by atoms with Crippen LogP contribution in [-0.2, 0) is 19.6 Å². The van der Waals surface area contributed by atoms with Gasteiger partial charge in [0.25, 0.3) is 5.91 Å². The first-order chi connectivity index (χ1) is 21.0. The summed E-state index contributed by atoms with van der Waals surface area (Å²) in [5.74, 6) is -1.17. The van der Waals surface area contributed by atoms with E-state index in [0.717, 1.165) is 4.31 Å². The van der Waals surface area contributed by atoms with Gasteiger partial charge >= 0.3 is 0 Å². The second-order valence-electron chi connectivity index (χ2n) is 11.2. The minimum absolute atomic E-state index is 0.0831. The topological polar surface area (TPSA) is 107 Å². The third kappa shape index (κ3) is 6.90. The average molecular weight is 666 g/mol. The Hall–Kier alpha value is -2.73. The molecular weight excluding hydrogens is 630 g/mol. The molecule has 5 atom stereocenters. The lowest BCUT2D eigenvalue weighted by atomic mass is 9.89. The zero-order valence-corrected chi connectivity index (χ0v) is 26.4. The van der Waals surface area contributed by atoms with Gasteiger partial charge in [-0.05, 0) is 66.8 Å². The molecule has 1 heterocycles. The molecule has 8 nitrogen and oxygen atoms in total. The van der Waals surface area contributed by atoms with Gasteiger partial charge in [0.1, 0.15) is 18.0 Å². The lowest BCUT2D eigenvalue weighted by molar-refractivity contribution is -0.183. The summed E-state index contributed by atoms with van der Waals surface area (Å²) in [7, 11) is -3.94. The molecule has 1 amide bonds. The van der Waals surface area contributed by atoms with Gasteiger partial charge < -0.3 is 19.8 Å². The van der Waals surface area contributed by atoms with Gasteiger partial charge in [-0.15, -0.1) is 0 Å². The maximum atomic E-state index is 15.2. The molecule has 2 aliphatic rings. The number of amides is 1. The van der Waals surface area contributed by atoms with Gasteiger partial charge in [0.05, 0.1) is 42.3 Å². The lowest BCUT2D eigenvalue weighted by Gasteiger charge is -2.49. The minimum Gasteiger partial charge on any atom is -0.394 e. The van der Waals surface area contributed by atoms with E-state index in [1.165, 1.54) is 18.2 Å². The van der Waals surface area contributed by atoms with Crippen molar-refractivity contribution < 1.29 is 32.6 Å². The number of carbonyl (C=O) groups excluding carboxylic acids is 1. The van der Waals surface area contributed by atoms with Crippen LogP contribution in [0.1, 0.15) is 55.9 Å². The number of ether oxygens (including phenoxy) is 1. The molecule has 2 N–H and O–H groups in total. The predicted octanol–water partition coefficient (Wildman–Crippen LogP) is 5.66. The number of anilines is 1. The Bertz CT molecular complexity index is 1570. The van der Waals surface area contributed by atoms with E-state index in [1.807, 2.05) is 13.0 Å². The Balaban J connectivity index is 1.65. The number of halogens is 3. The van der Waals surface area contributed by atoms with Crippen LogP contribution in [-0.4, -0.2) is 66.1 Å². The van der Waals surface area contributed by atoms with Crippen molar-refractivity contribution >= 4 is 44.8 Å². The van der Waals surface area contributed by atoms with Crippen LogP contribution in [0.5, 0.6) is 0 Å². The van der Waals surface area contributed by atoms with E-state index in [1.54, 1.807) is 53.4 Å². The van der Waals surface area contributed by atoms with E-state index >= 15 is 4.39 Å². The molecule has 44 heavy (non-hydrogen) atoms. The van der Waals surface area contributed by atoms with Gasteiger partial charge in [-0.3, -0.25) is 9.10 Å². The molecule has 1 saturated carbocycles. The summed E-state index contributed by atoms with van der Waals surface area (Å²) in [6.45, 7) is 1.05. The molecule has 3 aromatic rings. The van der Waals surface area contributed by atoms with Gasteiger partial charge in [0, 0.05) is 16.5 Å². The molecule has 12 heteroatoms. The zero-order chi connectivity index (χ0) is 31.6. The standard InChI is InChI=1S/C32H35Cl2FN2O6S/c1-2-24(18-36(44(41,42)26-14-15-26)28-9-4-3-8-27(28)35)37-30(20-10-12-22(33)13-11-20)31(21-6-5-7-23(34)16-21)43-29(32(37)40)17-25(39)19-38/h3-13,16,24-26,29-31,38-39H,2,14-15,17-19H2,1H3/t24-,25+,29+,30+,31+/m0/s1. The molecule has 2 fully saturated rings. The predicted molar refractivity (Wildman–Crippen MR) is 168 cm³/mol. The summed E-state index contributed by atoms with van der Waals surface area (Å²) in [6.07, 6.45) is -2.11. The molecule has 3 aromatic carbocycles. The third-order valence-electron chi connectivity index (χ3n) is 8.13. The number of rotatable bonds is 12. The fraction of sp³-hybridized carbons (Fsp3) is 0.406. The minimum atomic E-state index is -3.94. The first-order valence-corrected chi connectivity index (χ1v) is 16.8. The molecule has 0 radical (unpaired) electrons. The van der Waals surface area contributed by atoms with Crippen molar-refractivity contribution in [3.8, 4) is 0 Å². The molecule has 236 valence electrons. The number of benzene rings is 3. The van der Waals surface area contributed by atoms with Crippen LogP contribution in [0.25, 0.3) is 0 Å². The Morgan fingerprint density at radius 2 is 1.73 bits per heavy atom. The Labute approximate surface area is 267 Å². The van der Waals surface area contributed by atoms with Crippen LogP contribution in [0, 0.1) is 5.82 Å². The van der Waals surface area contributed by atoms with Crippen LogP contribution < -0.4 is 4.31 Å². The number of para-hydroxylation sites is 1. The van der Waals surface area contributed by atoms with Crippen molar-refractivity contribution in [3.63, 3.8) is 0 Å². The van der Waals surface area contributed by atoms with E-state index < -0.39 is 64.0 Å². The molecule has 1 aliphatic carbocycles. The van der Waals surface area contributed by atoms with Crippen molar-refractivity contribution in [3.05, 3.63) is 99.8 Å². The van der Waals surface area contributed by atoms with Crippen molar-refractivity contribution in [2.45, 2.75) is 68.3 Å². The van der Waals surface area contributed by atoms with E-state index in [-0.39, 0.29) is 18.7 Å². The second-order valence-corrected chi connectivity index (χ2v) is 14.2. The third-order valence-corrected chi connectivity index (χ3v) is 10.9. The van der Waals surface area contributed by atoms with Gasteiger partial charge in [-0.1, -0.05) is 66.5 Å². The maximum absolute atomic E-state index is 15.2. The summed E-state index contributed by atoms with van der Waals surface area (Å²) in [5.41, 5.74) is 1.25. The van der Waals surface area contributed by atoms with Crippen molar-refractivity contribution in [2.24, 2.45) is 0 Å². The summed E-state index contributed by atoms with van der Waals surface area (Å²) in [6, 6.07) is 18.2. The fourth-order valence-corrected chi connectivity index (χ4v) is 7.95. The van der Waals surface area contributed by atoms with Gasteiger partial charge in [0.15, 0.2) is 0 Å². The Kier molecular flexibility index (Phi) is 10.2. The highest BCUT2D eigenvalue weighted by molar-refractivity contribution is 7.93. The number of carbonyl (C=O) groups is 1. The summed E-state index contributed by atoms with van der Waals surface area (Å²) >= 11 is 12.6. The van der Waals surface area contributed by atoms with Crippen LogP contribution in [0.2, 0.25) is 10.0 Å². The lowest BCUT2D eigenvalue weighted by Crippen LogP contribution is -2.58. The van der Waals surface area contributed by atoms with Crippen molar-refractivity contribution in [2.75, 3.05) is 17.5 Å². The summed E-state index contributed by atoms with van der Waals surface area (Å²) in [5, 5.41) is 20.3. The molecule has 1 saturated heterocycles. The average Bonchev–Trinajstić information content (AvgIpc) is 3.86. The Morgan fingerprint density at radius 1 is 1.02 bits per heavy atom. The molecular formula is C32H35Cl2FN2O6S. The van der Waals surface area contributed by atoms with Gasteiger partial charge in [-0.2, -0.15) is 0 Å². The van der Waals surface area contributed by atoms with Gasteiger partial charge in [-0.25, -0.2) is 12.8 Å². The second kappa shape index (κ2) is 13.7. The molecule has 1 aliphatic heterocycles. The number of morpholine rings is 1. The van der Waals surface area contributed by atoms with Crippen molar-refractivity contribution in [1.29, 1.82) is 0 Å². The SMILES string of the molecule is CC[C@@H](CN(c1ccccc1F)S(=O)(=O)C1CC1)N1C(=O)[C@@H](C[C@@H](O)CO)O[C@H](c2cccc(Cl)c2)[C@H]1c1ccc(Cl)cc1. The maximum Gasteiger partial charge on any atom is 0.252 e. The smallest absolute Gasteiger partial charge is 0.252 e. The molecule has 0 spiro atoms. The van der Waals surface area contributed by atoms with E-state index in [0.29, 0.717) is 40.4 Å². The number of hydrogen-bond acceptors (Lipinski definition) is 6. The largest absolute Gasteiger partial charge is 0.394 e. The first kappa shape index (κ1) is 32.7. The van der Waals surface area contributed by atoms with Crippen LogP contribution >= 0.6 is 23.2 Å². The number of sulfonamides is 1. The number of nitrogens with zero attached hydrogens (tertiary/aromatic N) is 2. The Morgan fingerprint density at radius 3 is 2.34 bits per heavy atom. The highest BCUT2D eigenvalue weighted by atomic mass is 35.5. The normalized spacial score (nSPS) is 22.1. The van der Waals surface area contributed by atoms with Crippen molar-refractivity contribution in [1.82, 2.24) is 4.90 Å². The first-order valence-electron chi connectivity index (χ1n) is 14.6. The zero-order valence-electron chi connectivity index (χ0n) is 24.1. The monoisotopic (exact) mass is 664 g/mol. The van der Waals surface area contributed by atoms with E-state index in [4.69, 9.17) is 27.9 Å². The molecule has 0 aromatic heterocycles. The molecule has 0 bridgehead atoms.